The lowest BCUT2D eigenvalue weighted by Gasteiger charge is -2.33. The number of H-pyrrole nitrogens is 1. The lowest BCUT2D eigenvalue weighted by Crippen LogP contribution is -2.39. The summed E-state index contributed by atoms with van der Waals surface area (Å²) in [6, 6.07) is 9.51. The van der Waals surface area contributed by atoms with Crippen molar-refractivity contribution in [2.24, 2.45) is 0 Å². The molecule has 1 unspecified atom stereocenters. The zero-order chi connectivity index (χ0) is 16.7. The fraction of sp³-hybridized carbons (Fsp3) is 0.278. The molecule has 5 nitrogen and oxygen atoms in total. The van der Waals surface area contributed by atoms with Gasteiger partial charge in [-0.15, -0.1) is 11.3 Å². The van der Waals surface area contributed by atoms with Crippen LogP contribution in [0.4, 0.5) is 0 Å². The van der Waals surface area contributed by atoms with E-state index >= 15 is 0 Å². The van der Waals surface area contributed by atoms with Crippen LogP contribution in [0.3, 0.4) is 0 Å². The van der Waals surface area contributed by atoms with Gasteiger partial charge in [0.1, 0.15) is 0 Å². The van der Waals surface area contributed by atoms with Crippen molar-refractivity contribution in [3.05, 3.63) is 62.2 Å². The van der Waals surface area contributed by atoms with Gasteiger partial charge in [-0.2, -0.15) is 5.10 Å². The summed E-state index contributed by atoms with van der Waals surface area (Å²) in [6.45, 7) is 2.80. The summed E-state index contributed by atoms with van der Waals surface area (Å²) in [4.78, 5) is 27.9. The molecule has 1 atom stereocenters. The molecule has 0 bridgehead atoms. The van der Waals surface area contributed by atoms with Gasteiger partial charge in [-0.3, -0.25) is 9.59 Å². The van der Waals surface area contributed by atoms with E-state index in [4.69, 9.17) is 0 Å². The molecule has 2 aromatic heterocycles. The number of carbonyl (C=O) groups excluding carboxylic acids is 1. The summed E-state index contributed by atoms with van der Waals surface area (Å²) in [6.07, 6.45) is 1.09. The maximum atomic E-state index is 12.8. The first-order valence-corrected chi connectivity index (χ1v) is 8.85. The topological polar surface area (TPSA) is 66.1 Å². The van der Waals surface area contributed by atoms with Gasteiger partial charge in [0.05, 0.1) is 23.5 Å². The van der Waals surface area contributed by atoms with Gasteiger partial charge in [-0.05, 0) is 36.4 Å². The van der Waals surface area contributed by atoms with E-state index in [0.717, 1.165) is 18.4 Å². The maximum Gasteiger partial charge on any atom is 0.272 e. The lowest BCUT2D eigenvalue weighted by atomic mass is 10.0. The van der Waals surface area contributed by atoms with Crippen molar-refractivity contribution in [2.45, 2.75) is 25.8 Å². The molecule has 0 saturated carbocycles. The molecule has 1 aliphatic heterocycles. The van der Waals surface area contributed by atoms with Gasteiger partial charge >= 0.3 is 0 Å². The van der Waals surface area contributed by atoms with Gasteiger partial charge in [-0.1, -0.05) is 18.2 Å². The SMILES string of the molecule is CC1c2sccc2CCN1C(=O)Cc1n[nH]c(=O)c2ccccc12. The molecule has 24 heavy (non-hydrogen) atoms. The van der Waals surface area contributed by atoms with Crippen molar-refractivity contribution >= 4 is 28.0 Å². The number of hydrogen-bond donors (Lipinski definition) is 1. The Morgan fingerprint density at radius 1 is 1.33 bits per heavy atom. The Balaban J connectivity index is 1.64. The van der Waals surface area contributed by atoms with Crippen molar-refractivity contribution in [1.29, 1.82) is 0 Å². The molecule has 3 aromatic rings. The summed E-state index contributed by atoms with van der Waals surface area (Å²) in [7, 11) is 0. The highest BCUT2D eigenvalue weighted by Gasteiger charge is 2.29. The molecule has 0 radical (unpaired) electrons. The average molecular weight is 339 g/mol. The van der Waals surface area contributed by atoms with Crippen LogP contribution >= 0.6 is 11.3 Å². The molecule has 0 fully saturated rings. The van der Waals surface area contributed by atoms with Gasteiger partial charge in [0.25, 0.3) is 5.56 Å². The van der Waals surface area contributed by atoms with Crippen molar-refractivity contribution in [3.63, 3.8) is 0 Å². The second kappa shape index (κ2) is 5.87. The predicted octanol–water partition coefficient (Wildman–Crippen LogP) is 2.67. The first kappa shape index (κ1) is 15.1. The van der Waals surface area contributed by atoms with E-state index in [9.17, 15) is 9.59 Å². The molecule has 0 spiro atoms. The van der Waals surface area contributed by atoms with Crippen molar-refractivity contribution in [3.8, 4) is 0 Å². The third-order valence-corrected chi connectivity index (χ3v) is 5.79. The number of rotatable bonds is 2. The Morgan fingerprint density at radius 2 is 2.12 bits per heavy atom. The van der Waals surface area contributed by atoms with Crippen LogP contribution in [0.5, 0.6) is 0 Å². The van der Waals surface area contributed by atoms with Crippen molar-refractivity contribution in [1.82, 2.24) is 15.1 Å². The zero-order valence-corrected chi connectivity index (χ0v) is 14.1. The number of carbonyl (C=O) groups is 1. The Kier molecular flexibility index (Phi) is 3.69. The smallest absolute Gasteiger partial charge is 0.272 e. The summed E-state index contributed by atoms with van der Waals surface area (Å²) < 4.78 is 0. The number of aromatic amines is 1. The number of hydrogen-bond acceptors (Lipinski definition) is 4. The standard InChI is InChI=1S/C18H17N3O2S/c1-11-17-12(7-9-24-17)6-8-21(11)16(22)10-15-13-4-2-3-5-14(13)18(23)20-19-15/h2-5,7,9,11H,6,8,10H2,1H3,(H,20,23). The van der Waals surface area contributed by atoms with E-state index in [0.29, 0.717) is 11.1 Å². The number of amides is 1. The quantitative estimate of drug-likeness (QED) is 0.780. The minimum Gasteiger partial charge on any atom is -0.334 e. The van der Waals surface area contributed by atoms with Crippen molar-refractivity contribution in [2.75, 3.05) is 6.54 Å². The van der Waals surface area contributed by atoms with Crippen LogP contribution in [0.15, 0.2) is 40.5 Å². The average Bonchev–Trinajstić information content (AvgIpc) is 3.07. The zero-order valence-electron chi connectivity index (χ0n) is 13.3. The van der Waals surface area contributed by atoms with Crippen LogP contribution in [0.25, 0.3) is 10.8 Å². The fourth-order valence-electron chi connectivity index (χ4n) is 3.39. The second-order valence-electron chi connectivity index (χ2n) is 6.04. The van der Waals surface area contributed by atoms with Gasteiger partial charge in [0.15, 0.2) is 0 Å². The molecule has 1 aliphatic rings. The maximum absolute atomic E-state index is 12.8. The number of fused-ring (bicyclic) bond motifs is 2. The van der Waals surface area contributed by atoms with E-state index in [1.807, 2.05) is 23.1 Å². The summed E-state index contributed by atoms with van der Waals surface area (Å²) in [5.41, 5.74) is 1.75. The van der Waals surface area contributed by atoms with Crippen LogP contribution < -0.4 is 5.56 Å². The molecule has 0 aliphatic carbocycles. The monoisotopic (exact) mass is 339 g/mol. The molecule has 1 aromatic carbocycles. The third kappa shape index (κ3) is 2.43. The van der Waals surface area contributed by atoms with E-state index in [2.05, 4.69) is 28.6 Å². The summed E-state index contributed by atoms with van der Waals surface area (Å²) in [5, 5.41) is 10.0. The van der Waals surface area contributed by atoms with Gasteiger partial charge in [0.2, 0.25) is 5.91 Å². The predicted molar refractivity (Wildman–Crippen MR) is 94.2 cm³/mol. The minimum absolute atomic E-state index is 0.0475. The van der Waals surface area contributed by atoms with E-state index in [1.54, 1.807) is 17.4 Å². The molecule has 1 N–H and O–H groups in total. The molecule has 0 saturated heterocycles. The number of nitrogens with one attached hydrogen (secondary N) is 1. The van der Waals surface area contributed by atoms with Gasteiger partial charge in [0, 0.05) is 16.8 Å². The van der Waals surface area contributed by atoms with Gasteiger partial charge < -0.3 is 4.90 Å². The van der Waals surface area contributed by atoms with E-state index in [1.165, 1.54) is 10.4 Å². The fourth-order valence-corrected chi connectivity index (χ4v) is 4.41. The first-order valence-electron chi connectivity index (χ1n) is 7.97. The lowest BCUT2D eigenvalue weighted by molar-refractivity contribution is -0.133. The Bertz CT molecular complexity index is 976. The van der Waals surface area contributed by atoms with Crippen LogP contribution in [-0.4, -0.2) is 27.5 Å². The van der Waals surface area contributed by atoms with Crippen molar-refractivity contribution < 1.29 is 4.79 Å². The third-order valence-electron chi connectivity index (χ3n) is 4.66. The number of nitrogens with zero attached hydrogens (tertiary/aromatic N) is 2. The highest BCUT2D eigenvalue weighted by Crippen LogP contribution is 2.33. The highest BCUT2D eigenvalue weighted by molar-refractivity contribution is 7.10. The van der Waals surface area contributed by atoms with Gasteiger partial charge in [-0.25, -0.2) is 5.10 Å². The van der Waals surface area contributed by atoms with Crippen LogP contribution in [0.1, 0.15) is 29.1 Å². The van der Waals surface area contributed by atoms with Crippen LogP contribution in [0, 0.1) is 0 Å². The summed E-state index contributed by atoms with van der Waals surface area (Å²) >= 11 is 1.71. The first-order chi connectivity index (χ1) is 11.6. The molecular weight excluding hydrogens is 322 g/mol. The number of thiophene rings is 1. The van der Waals surface area contributed by atoms with E-state index in [-0.39, 0.29) is 23.9 Å². The molecule has 4 rings (SSSR count). The largest absolute Gasteiger partial charge is 0.334 e. The highest BCUT2D eigenvalue weighted by atomic mass is 32.1. The molecule has 3 heterocycles. The molecule has 6 heteroatoms. The number of aromatic nitrogens is 2. The summed E-state index contributed by atoms with van der Waals surface area (Å²) in [5.74, 6) is 0.0475. The van der Waals surface area contributed by atoms with E-state index < -0.39 is 0 Å². The van der Waals surface area contributed by atoms with Crippen LogP contribution in [-0.2, 0) is 17.6 Å². The Hall–Kier alpha value is -2.47. The Labute approximate surface area is 142 Å². The number of benzene rings is 1. The Morgan fingerprint density at radius 3 is 2.96 bits per heavy atom. The normalized spacial score (nSPS) is 17.0. The van der Waals surface area contributed by atoms with Crippen LogP contribution in [0.2, 0.25) is 0 Å². The molecular formula is C18H17N3O2S. The minimum atomic E-state index is -0.226. The molecule has 1 amide bonds. The molecule has 122 valence electrons. The second-order valence-corrected chi connectivity index (χ2v) is 6.99.